The third-order valence-electron chi connectivity index (χ3n) is 6.37. The maximum absolute atomic E-state index is 13.0. The van der Waals surface area contributed by atoms with Crippen LogP contribution < -0.4 is 10.1 Å². The summed E-state index contributed by atoms with van der Waals surface area (Å²) in [5.41, 5.74) is 0.119. The van der Waals surface area contributed by atoms with Crippen LogP contribution in [0.3, 0.4) is 0 Å². The van der Waals surface area contributed by atoms with Gasteiger partial charge in [0.2, 0.25) is 5.91 Å². The summed E-state index contributed by atoms with van der Waals surface area (Å²) in [6.07, 6.45) is 3.09. The van der Waals surface area contributed by atoms with Gasteiger partial charge in [-0.05, 0) is 63.1 Å². The monoisotopic (exact) mass is 401 g/mol. The van der Waals surface area contributed by atoms with E-state index in [4.69, 9.17) is 4.74 Å². The number of carbonyl (C=O) groups excluding carboxylic acids is 3. The normalized spacial score (nSPS) is 25.1. The largest absolute Gasteiger partial charge is 0.497 e. The number of imide groups is 1. The first-order valence-electron chi connectivity index (χ1n) is 10.4. The predicted octanol–water partition coefficient (Wildman–Crippen LogP) is 3.11. The van der Waals surface area contributed by atoms with E-state index in [0.717, 1.165) is 29.1 Å². The molecule has 1 unspecified atom stereocenters. The fourth-order valence-electron chi connectivity index (χ4n) is 4.39. The zero-order valence-corrected chi connectivity index (χ0v) is 17.7. The molecule has 1 spiro atoms. The summed E-state index contributed by atoms with van der Waals surface area (Å²) >= 11 is 0. The number of hydrogen-bond acceptors (Lipinski definition) is 4. The van der Waals surface area contributed by atoms with Gasteiger partial charge in [0.15, 0.2) is 0 Å². The van der Waals surface area contributed by atoms with Gasteiger partial charge in [0.1, 0.15) is 17.8 Å². The predicted molar refractivity (Wildman–Crippen MR) is 109 cm³/mol. The van der Waals surface area contributed by atoms with Crippen LogP contribution in [0.25, 0.3) is 0 Å². The Balaban J connectivity index is 1.72. The summed E-state index contributed by atoms with van der Waals surface area (Å²) in [4.78, 5) is 41.4. The van der Waals surface area contributed by atoms with Crippen molar-refractivity contribution in [3.8, 4) is 5.75 Å². The van der Waals surface area contributed by atoms with Crippen molar-refractivity contribution >= 4 is 17.8 Å². The second-order valence-corrected chi connectivity index (χ2v) is 8.22. The minimum Gasteiger partial charge on any atom is -0.497 e. The molecule has 1 N–H and O–H groups in total. The third kappa shape index (κ3) is 4.09. The molecular formula is C22H31N3O4. The minimum atomic E-state index is -0.820. The first-order valence-corrected chi connectivity index (χ1v) is 10.4. The number of carbonyl (C=O) groups is 3. The van der Waals surface area contributed by atoms with Crippen molar-refractivity contribution in [3.63, 3.8) is 0 Å². The number of nitrogens with one attached hydrogen (secondary N) is 1. The molecule has 1 atom stereocenters. The average molecular weight is 402 g/mol. The van der Waals surface area contributed by atoms with Crippen LogP contribution in [0, 0.1) is 5.92 Å². The topological polar surface area (TPSA) is 79.0 Å². The lowest BCUT2D eigenvalue weighted by Crippen LogP contribution is -2.50. The Morgan fingerprint density at radius 3 is 2.66 bits per heavy atom. The van der Waals surface area contributed by atoms with Crippen LogP contribution in [0.5, 0.6) is 5.75 Å². The molecule has 7 nitrogen and oxygen atoms in total. The molecule has 1 aliphatic carbocycles. The van der Waals surface area contributed by atoms with Crippen LogP contribution >= 0.6 is 0 Å². The molecule has 1 aromatic carbocycles. The van der Waals surface area contributed by atoms with E-state index in [1.54, 1.807) is 12.0 Å². The quantitative estimate of drug-likeness (QED) is 0.743. The lowest BCUT2D eigenvalue weighted by atomic mass is 9.77. The Bertz CT molecular complexity index is 786. The fraction of sp³-hybridized carbons (Fsp3) is 0.591. The van der Waals surface area contributed by atoms with Crippen LogP contribution in [-0.2, 0) is 9.59 Å². The highest BCUT2D eigenvalue weighted by atomic mass is 16.5. The number of amides is 4. The number of ether oxygens (including phenoxy) is 1. The number of nitrogens with zero attached hydrogens (tertiary/aromatic N) is 2. The first-order chi connectivity index (χ1) is 13.8. The minimum absolute atomic E-state index is 0.201. The molecule has 29 heavy (non-hydrogen) atoms. The molecule has 0 radical (unpaired) electrons. The van der Waals surface area contributed by atoms with Crippen molar-refractivity contribution in [1.82, 2.24) is 15.1 Å². The molecule has 3 rings (SSSR count). The summed E-state index contributed by atoms with van der Waals surface area (Å²) < 4.78 is 5.28. The van der Waals surface area contributed by atoms with Gasteiger partial charge in [-0.15, -0.1) is 0 Å². The van der Waals surface area contributed by atoms with Crippen LogP contribution in [-0.4, -0.2) is 53.4 Å². The number of benzene rings is 1. The van der Waals surface area contributed by atoms with Crippen molar-refractivity contribution in [2.24, 2.45) is 5.92 Å². The molecule has 0 aromatic heterocycles. The van der Waals surface area contributed by atoms with Gasteiger partial charge in [0, 0.05) is 6.54 Å². The molecule has 2 fully saturated rings. The lowest BCUT2D eigenvalue weighted by molar-refractivity contribution is -0.140. The Hall–Kier alpha value is -2.57. The van der Waals surface area contributed by atoms with E-state index in [1.165, 1.54) is 0 Å². The summed E-state index contributed by atoms with van der Waals surface area (Å²) in [7, 11) is 1.60. The Kier molecular flexibility index (Phi) is 6.15. The standard InChI is InChI=1S/C22H31N3O4/c1-5-24(16(3)17-7-6-8-18(13-17)29-4)19(26)14-25-20(27)22(23-21(25)28)11-9-15(2)10-12-22/h6-8,13,15-16H,5,9-12,14H2,1-4H3,(H,23,28). The smallest absolute Gasteiger partial charge is 0.325 e. The molecule has 4 amide bonds. The number of likely N-dealkylation sites (N-methyl/N-ethyl adjacent to an activating group) is 1. The van der Waals surface area contributed by atoms with Crippen molar-refractivity contribution in [3.05, 3.63) is 29.8 Å². The molecule has 1 heterocycles. The van der Waals surface area contributed by atoms with Crippen LogP contribution in [0.2, 0.25) is 0 Å². The molecule has 0 bridgehead atoms. The summed E-state index contributed by atoms with van der Waals surface area (Å²) in [5, 5.41) is 2.88. The molecule has 1 saturated heterocycles. The molecule has 1 aromatic rings. The fourth-order valence-corrected chi connectivity index (χ4v) is 4.39. The van der Waals surface area contributed by atoms with E-state index in [9.17, 15) is 14.4 Å². The van der Waals surface area contributed by atoms with Gasteiger partial charge in [-0.2, -0.15) is 0 Å². The Labute approximate surface area is 172 Å². The van der Waals surface area contributed by atoms with E-state index in [2.05, 4.69) is 12.2 Å². The maximum atomic E-state index is 13.0. The summed E-state index contributed by atoms with van der Waals surface area (Å²) in [6, 6.07) is 6.91. The third-order valence-corrected chi connectivity index (χ3v) is 6.37. The molecule has 7 heteroatoms. The maximum Gasteiger partial charge on any atom is 0.325 e. The molecule has 1 aliphatic heterocycles. The molecule has 2 aliphatic rings. The second-order valence-electron chi connectivity index (χ2n) is 8.22. The molecule has 158 valence electrons. The van der Waals surface area contributed by atoms with Crippen molar-refractivity contribution < 1.29 is 19.1 Å². The van der Waals surface area contributed by atoms with E-state index in [-0.39, 0.29) is 24.4 Å². The highest BCUT2D eigenvalue weighted by molar-refractivity contribution is 6.09. The van der Waals surface area contributed by atoms with Gasteiger partial charge in [-0.1, -0.05) is 19.1 Å². The summed E-state index contributed by atoms with van der Waals surface area (Å²) in [5.74, 6) is 0.779. The number of hydrogen-bond donors (Lipinski definition) is 1. The van der Waals surface area contributed by atoms with Gasteiger partial charge in [-0.25, -0.2) is 4.79 Å². The average Bonchev–Trinajstić information content (AvgIpc) is 2.95. The Morgan fingerprint density at radius 1 is 1.34 bits per heavy atom. The van der Waals surface area contributed by atoms with Gasteiger partial charge in [0.05, 0.1) is 13.2 Å². The number of urea groups is 1. The number of rotatable bonds is 6. The zero-order valence-electron chi connectivity index (χ0n) is 17.7. The Morgan fingerprint density at radius 2 is 2.03 bits per heavy atom. The van der Waals surface area contributed by atoms with Gasteiger partial charge >= 0.3 is 6.03 Å². The van der Waals surface area contributed by atoms with Crippen LogP contribution in [0.1, 0.15) is 58.1 Å². The van der Waals surface area contributed by atoms with E-state index >= 15 is 0 Å². The van der Waals surface area contributed by atoms with Crippen LogP contribution in [0.15, 0.2) is 24.3 Å². The molecular weight excluding hydrogens is 370 g/mol. The molecule has 1 saturated carbocycles. The van der Waals surface area contributed by atoms with Crippen molar-refractivity contribution in [2.45, 2.75) is 58.0 Å². The van der Waals surface area contributed by atoms with E-state index in [1.807, 2.05) is 38.1 Å². The zero-order chi connectivity index (χ0) is 21.2. The first kappa shape index (κ1) is 21.1. The van der Waals surface area contributed by atoms with Crippen LogP contribution in [0.4, 0.5) is 4.79 Å². The van der Waals surface area contributed by atoms with E-state index in [0.29, 0.717) is 25.3 Å². The number of methoxy groups -OCH3 is 1. The highest BCUT2D eigenvalue weighted by Crippen LogP contribution is 2.36. The highest BCUT2D eigenvalue weighted by Gasteiger charge is 2.52. The van der Waals surface area contributed by atoms with Gasteiger partial charge in [0.25, 0.3) is 5.91 Å². The van der Waals surface area contributed by atoms with Gasteiger partial charge < -0.3 is 15.0 Å². The van der Waals surface area contributed by atoms with Crippen molar-refractivity contribution in [2.75, 3.05) is 20.2 Å². The summed E-state index contributed by atoms with van der Waals surface area (Å²) in [6.45, 7) is 6.23. The van der Waals surface area contributed by atoms with E-state index < -0.39 is 11.6 Å². The van der Waals surface area contributed by atoms with Gasteiger partial charge in [-0.3, -0.25) is 14.5 Å². The lowest BCUT2D eigenvalue weighted by Gasteiger charge is -2.34. The SMILES string of the molecule is CCN(C(=O)CN1C(=O)NC2(CCC(C)CC2)C1=O)C(C)c1cccc(OC)c1. The van der Waals surface area contributed by atoms with Crippen molar-refractivity contribution in [1.29, 1.82) is 0 Å². The second kappa shape index (κ2) is 8.43.